The molecule has 2 aliphatic rings. The molecule has 0 aromatic heterocycles. The van der Waals surface area contributed by atoms with Crippen LogP contribution in [0.2, 0.25) is 0 Å². The number of anilines is 1. The maximum atomic E-state index is 14.0. The molecule has 1 amide bonds. The zero-order valence-electron chi connectivity index (χ0n) is 18.8. The fraction of sp³-hybridized carbons (Fsp3) is 0.417. The van der Waals surface area contributed by atoms with Crippen LogP contribution >= 0.6 is 24.0 Å². The fourth-order valence-corrected chi connectivity index (χ4v) is 4.33. The lowest BCUT2D eigenvalue weighted by Gasteiger charge is -2.37. The Kier molecular flexibility index (Phi) is 8.87. The molecule has 0 unspecified atom stereocenters. The van der Waals surface area contributed by atoms with Crippen molar-refractivity contribution in [1.29, 1.82) is 0 Å². The van der Waals surface area contributed by atoms with Gasteiger partial charge in [-0.2, -0.15) is 0 Å². The van der Waals surface area contributed by atoms with Gasteiger partial charge < -0.3 is 20.0 Å². The molecule has 4 rings (SSSR count). The Balaban J connectivity index is 0.00000306. The number of guanidine groups is 1. The van der Waals surface area contributed by atoms with Gasteiger partial charge in [-0.15, -0.1) is 24.0 Å². The van der Waals surface area contributed by atoms with Crippen LogP contribution in [0.4, 0.5) is 14.5 Å². The molecule has 2 aromatic rings. The Morgan fingerprint density at radius 3 is 2.30 bits per heavy atom. The first-order valence-electron chi connectivity index (χ1n) is 11.1. The van der Waals surface area contributed by atoms with Crippen LogP contribution in [0, 0.1) is 11.6 Å². The fourth-order valence-electron chi connectivity index (χ4n) is 4.33. The SMILES string of the molecule is CN=C(NCCCC(=O)N1Cc2ccccc2C1)N1CCN(c2cc(F)ccc2F)CC1.I. The van der Waals surface area contributed by atoms with Crippen LogP contribution in [0.25, 0.3) is 0 Å². The highest BCUT2D eigenvalue weighted by molar-refractivity contribution is 14.0. The number of benzene rings is 2. The average molecular weight is 569 g/mol. The number of halogens is 3. The Morgan fingerprint density at radius 2 is 1.67 bits per heavy atom. The number of carbonyl (C=O) groups excluding carboxylic acids is 1. The van der Waals surface area contributed by atoms with Gasteiger partial charge in [-0.25, -0.2) is 8.78 Å². The summed E-state index contributed by atoms with van der Waals surface area (Å²) in [7, 11) is 1.73. The van der Waals surface area contributed by atoms with Crippen molar-refractivity contribution in [3.63, 3.8) is 0 Å². The number of carbonyl (C=O) groups is 1. The molecule has 178 valence electrons. The first-order chi connectivity index (χ1) is 15.5. The summed E-state index contributed by atoms with van der Waals surface area (Å²) in [5.41, 5.74) is 2.77. The summed E-state index contributed by atoms with van der Waals surface area (Å²) in [5.74, 6) is 0.0934. The van der Waals surface area contributed by atoms with Gasteiger partial charge in [-0.1, -0.05) is 24.3 Å². The van der Waals surface area contributed by atoms with Crippen LogP contribution in [0.3, 0.4) is 0 Å². The second-order valence-corrected chi connectivity index (χ2v) is 8.17. The number of hydrogen-bond acceptors (Lipinski definition) is 3. The van der Waals surface area contributed by atoms with E-state index in [9.17, 15) is 13.6 Å². The number of rotatable bonds is 5. The molecule has 9 heteroatoms. The lowest BCUT2D eigenvalue weighted by atomic mass is 10.1. The highest BCUT2D eigenvalue weighted by Crippen LogP contribution is 2.23. The Labute approximate surface area is 210 Å². The van der Waals surface area contributed by atoms with Crippen molar-refractivity contribution < 1.29 is 13.6 Å². The van der Waals surface area contributed by atoms with Crippen LogP contribution in [0.1, 0.15) is 24.0 Å². The van der Waals surface area contributed by atoms with Gasteiger partial charge in [0.25, 0.3) is 0 Å². The van der Waals surface area contributed by atoms with E-state index in [4.69, 9.17) is 0 Å². The summed E-state index contributed by atoms with van der Waals surface area (Å²) < 4.78 is 27.5. The molecule has 6 nitrogen and oxygen atoms in total. The minimum atomic E-state index is -0.436. The van der Waals surface area contributed by atoms with Crippen molar-refractivity contribution in [2.45, 2.75) is 25.9 Å². The van der Waals surface area contributed by atoms with Crippen molar-refractivity contribution in [1.82, 2.24) is 15.1 Å². The summed E-state index contributed by atoms with van der Waals surface area (Å²) in [6, 6.07) is 11.7. The molecule has 2 aliphatic heterocycles. The topological polar surface area (TPSA) is 51.2 Å². The molecule has 1 fully saturated rings. The molecule has 0 saturated carbocycles. The largest absolute Gasteiger partial charge is 0.366 e. The lowest BCUT2D eigenvalue weighted by molar-refractivity contribution is -0.131. The molecule has 0 atom stereocenters. The molecule has 1 N–H and O–H groups in total. The number of aliphatic imine (C=N–C) groups is 1. The molecule has 2 aromatic carbocycles. The normalized spacial score (nSPS) is 15.8. The maximum absolute atomic E-state index is 14.0. The number of fused-ring (bicyclic) bond motifs is 1. The van der Waals surface area contributed by atoms with Gasteiger partial charge in [0.1, 0.15) is 11.6 Å². The quantitative estimate of drug-likeness (QED) is 0.259. The van der Waals surface area contributed by atoms with E-state index in [1.54, 1.807) is 7.05 Å². The third-order valence-corrected chi connectivity index (χ3v) is 6.08. The first-order valence-corrected chi connectivity index (χ1v) is 11.1. The van der Waals surface area contributed by atoms with Crippen molar-refractivity contribution in [3.05, 3.63) is 65.2 Å². The van der Waals surface area contributed by atoms with Crippen molar-refractivity contribution >= 4 is 41.5 Å². The number of piperazine rings is 1. The number of amides is 1. The van der Waals surface area contributed by atoms with E-state index < -0.39 is 11.6 Å². The summed E-state index contributed by atoms with van der Waals surface area (Å²) in [6.45, 7) is 4.50. The Hall–Kier alpha value is -2.43. The predicted octanol–water partition coefficient (Wildman–Crippen LogP) is 3.60. The maximum Gasteiger partial charge on any atom is 0.223 e. The summed E-state index contributed by atoms with van der Waals surface area (Å²) in [5, 5.41) is 3.33. The lowest BCUT2D eigenvalue weighted by Crippen LogP contribution is -2.52. The molecule has 0 bridgehead atoms. The van der Waals surface area contributed by atoms with Gasteiger partial charge >= 0.3 is 0 Å². The van der Waals surface area contributed by atoms with Gasteiger partial charge in [-0.05, 0) is 29.7 Å². The zero-order chi connectivity index (χ0) is 22.5. The predicted molar refractivity (Wildman–Crippen MR) is 137 cm³/mol. The smallest absolute Gasteiger partial charge is 0.223 e. The highest BCUT2D eigenvalue weighted by Gasteiger charge is 2.23. The first kappa shape index (κ1) is 25.2. The third-order valence-electron chi connectivity index (χ3n) is 6.08. The Bertz CT molecular complexity index is 970. The number of nitrogens with zero attached hydrogens (tertiary/aromatic N) is 4. The van der Waals surface area contributed by atoms with Crippen LogP contribution in [0.15, 0.2) is 47.5 Å². The molecule has 0 aliphatic carbocycles. The van der Waals surface area contributed by atoms with Gasteiger partial charge in [0.05, 0.1) is 5.69 Å². The second-order valence-electron chi connectivity index (χ2n) is 8.17. The minimum Gasteiger partial charge on any atom is -0.366 e. The summed E-state index contributed by atoms with van der Waals surface area (Å²) in [6.07, 6.45) is 1.21. The summed E-state index contributed by atoms with van der Waals surface area (Å²) >= 11 is 0. The van der Waals surface area contributed by atoms with Gasteiger partial charge in [0, 0.05) is 65.3 Å². The number of hydrogen-bond donors (Lipinski definition) is 1. The van der Waals surface area contributed by atoms with Gasteiger partial charge in [0.15, 0.2) is 5.96 Å². The van der Waals surface area contributed by atoms with Crippen LogP contribution in [-0.4, -0.2) is 61.4 Å². The van der Waals surface area contributed by atoms with Crippen molar-refractivity contribution in [3.8, 4) is 0 Å². The minimum absolute atomic E-state index is 0. The van der Waals surface area contributed by atoms with Gasteiger partial charge in [0.2, 0.25) is 5.91 Å². The van der Waals surface area contributed by atoms with E-state index in [0.29, 0.717) is 57.9 Å². The van der Waals surface area contributed by atoms with E-state index in [1.165, 1.54) is 23.3 Å². The van der Waals surface area contributed by atoms with Gasteiger partial charge in [-0.3, -0.25) is 9.79 Å². The average Bonchev–Trinajstić information content (AvgIpc) is 3.25. The van der Waals surface area contributed by atoms with Crippen molar-refractivity contribution in [2.75, 3.05) is 44.7 Å². The molecular weight excluding hydrogens is 539 g/mol. The molecule has 1 saturated heterocycles. The molecule has 33 heavy (non-hydrogen) atoms. The highest BCUT2D eigenvalue weighted by atomic mass is 127. The Morgan fingerprint density at radius 1 is 1.00 bits per heavy atom. The molecular formula is C24H30F2IN5O. The van der Waals surface area contributed by atoms with Crippen LogP contribution in [0.5, 0.6) is 0 Å². The van der Waals surface area contributed by atoms with Crippen molar-refractivity contribution in [2.24, 2.45) is 4.99 Å². The third kappa shape index (κ3) is 6.13. The molecule has 0 radical (unpaired) electrons. The second kappa shape index (κ2) is 11.6. The van der Waals surface area contributed by atoms with E-state index >= 15 is 0 Å². The van der Waals surface area contributed by atoms with E-state index in [2.05, 4.69) is 27.3 Å². The molecule has 2 heterocycles. The monoisotopic (exact) mass is 569 g/mol. The summed E-state index contributed by atoms with van der Waals surface area (Å²) in [4.78, 5) is 22.8. The van der Waals surface area contributed by atoms with Crippen LogP contribution in [-0.2, 0) is 17.9 Å². The molecule has 0 spiro atoms. The van der Waals surface area contributed by atoms with Crippen LogP contribution < -0.4 is 10.2 Å². The van der Waals surface area contributed by atoms with E-state index in [0.717, 1.165) is 18.4 Å². The zero-order valence-corrected chi connectivity index (χ0v) is 21.1. The number of nitrogens with one attached hydrogen (secondary N) is 1. The standard InChI is InChI=1S/C24H29F2N5O.HI/c1-27-24(30-13-11-29(12-14-30)22-15-20(25)8-9-21(22)26)28-10-4-7-23(32)31-16-18-5-2-3-6-19(18)17-31;/h2-3,5-6,8-9,15H,4,7,10-14,16-17H2,1H3,(H,27,28);1H. The van der Waals surface area contributed by atoms with E-state index in [1.807, 2.05) is 21.9 Å². The van der Waals surface area contributed by atoms with E-state index in [-0.39, 0.29) is 29.9 Å².